The Morgan fingerprint density at radius 1 is 1.50 bits per heavy atom. The monoisotopic (exact) mass is 286 g/mol. The maximum Gasteiger partial charge on any atom is 0.305 e. The van der Waals surface area contributed by atoms with Crippen LogP contribution >= 0.6 is 15.9 Å². The van der Waals surface area contributed by atoms with Crippen LogP contribution in [-0.2, 0) is 9.53 Å². The minimum Gasteiger partial charge on any atom is -0.466 e. The van der Waals surface area contributed by atoms with Gasteiger partial charge in [0.25, 0.3) is 0 Å². The molecule has 0 aliphatic carbocycles. The van der Waals surface area contributed by atoms with Gasteiger partial charge in [-0.1, -0.05) is 40.8 Å². The molecule has 0 amide bonds. The van der Waals surface area contributed by atoms with Gasteiger partial charge in [0.2, 0.25) is 0 Å². The second kappa shape index (κ2) is 10.8. The molecule has 0 aromatic rings. The van der Waals surface area contributed by atoms with Gasteiger partial charge < -0.3 is 4.74 Å². The van der Waals surface area contributed by atoms with Crippen LogP contribution < -0.4 is 0 Å². The second-order valence-corrected chi connectivity index (χ2v) is 3.94. The van der Waals surface area contributed by atoms with E-state index in [1.54, 1.807) is 0 Å². The van der Waals surface area contributed by atoms with Gasteiger partial charge in [0.1, 0.15) is 0 Å². The molecular formula is C13H19BrO2. The molecule has 0 saturated heterocycles. The molecule has 0 rings (SSSR count). The van der Waals surface area contributed by atoms with Crippen molar-refractivity contribution < 1.29 is 9.53 Å². The minimum absolute atomic E-state index is 0.126. The van der Waals surface area contributed by atoms with Gasteiger partial charge in [0.15, 0.2) is 0 Å². The Morgan fingerprint density at radius 2 is 2.25 bits per heavy atom. The van der Waals surface area contributed by atoms with Gasteiger partial charge in [-0.25, -0.2) is 0 Å². The number of hydrogen-bond donors (Lipinski definition) is 0. The van der Waals surface area contributed by atoms with Gasteiger partial charge in [0, 0.05) is 17.7 Å². The first-order valence-corrected chi connectivity index (χ1v) is 6.74. The third-order valence-electron chi connectivity index (χ3n) is 2.07. The first-order valence-electron chi connectivity index (χ1n) is 5.62. The number of alkyl halides is 1. The zero-order chi connectivity index (χ0) is 12.2. The van der Waals surface area contributed by atoms with Crippen LogP contribution in [0.3, 0.4) is 0 Å². The van der Waals surface area contributed by atoms with Crippen molar-refractivity contribution in [2.75, 3.05) is 11.9 Å². The SMILES string of the molecule is CCOC(=O)CCC(C#CC=CCBr)CC. The number of carbonyl (C=O) groups excluding carboxylic acids is 1. The van der Waals surface area contributed by atoms with Crippen LogP contribution in [0, 0.1) is 17.8 Å². The highest BCUT2D eigenvalue weighted by Crippen LogP contribution is 2.10. The summed E-state index contributed by atoms with van der Waals surface area (Å²) in [7, 11) is 0. The van der Waals surface area contributed by atoms with Crippen molar-refractivity contribution in [1.29, 1.82) is 0 Å². The van der Waals surface area contributed by atoms with E-state index in [2.05, 4.69) is 34.7 Å². The summed E-state index contributed by atoms with van der Waals surface area (Å²) in [6.45, 7) is 4.36. The minimum atomic E-state index is -0.126. The van der Waals surface area contributed by atoms with Crippen LogP contribution in [0.1, 0.15) is 33.1 Å². The molecule has 0 N–H and O–H groups in total. The fourth-order valence-electron chi connectivity index (χ4n) is 1.17. The van der Waals surface area contributed by atoms with Gasteiger partial charge in [0.05, 0.1) is 6.61 Å². The summed E-state index contributed by atoms with van der Waals surface area (Å²) in [6.07, 6.45) is 6.00. The first-order chi connectivity index (χ1) is 7.74. The number of hydrogen-bond acceptors (Lipinski definition) is 2. The molecule has 0 aliphatic heterocycles. The Balaban J connectivity index is 3.94. The van der Waals surface area contributed by atoms with E-state index in [-0.39, 0.29) is 11.9 Å². The van der Waals surface area contributed by atoms with E-state index in [0.717, 1.165) is 18.2 Å². The highest BCUT2D eigenvalue weighted by atomic mass is 79.9. The third kappa shape index (κ3) is 8.55. The Morgan fingerprint density at radius 3 is 2.81 bits per heavy atom. The molecule has 0 heterocycles. The molecule has 0 bridgehead atoms. The number of esters is 1. The smallest absolute Gasteiger partial charge is 0.305 e. The maximum atomic E-state index is 11.1. The molecule has 0 spiro atoms. The largest absolute Gasteiger partial charge is 0.466 e. The third-order valence-corrected chi connectivity index (χ3v) is 2.45. The van der Waals surface area contributed by atoms with Crippen LogP contribution in [0.25, 0.3) is 0 Å². The maximum absolute atomic E-state index is 11.1. The van der Waals surface area contributed by atoms with E-state index in [4.69, 9.17) is 4.74 Å². The summed E-state index contributed by atoms with van der Waals surface area (Å²) in [4.78, 5) is 11.1. The van der Waals surface area contributed by atoms with Crippen molar-refractivity contribution >= 4 is 21.9 Å². The predicted octanol–water partition coefficient (Wildman–Crippen LogP) is 3.31. The van der Waals surface area contributed by atoms with Crippen molar-refractivity contribution in [3.63, 3.8) is 0 Å². The van der Waals surface area contributed by atoms with Crippen molar-refractivity contribution in [1.82, 2.24) is 0 Å². The summed E-state index contributed by atoms with van der Waals surface area (Å²) in [5.41, 5.74) is 0. The zero-order valence-corrected chi connectivity index (χ0v) is 11.5. The van der Waals surface area contributed by atoms with E-state index in [1.807, 2.05) is 19.1 Å². The average Bonchev–Trinajstić information content (AvgIpc) is 2.28. The highest BCUT2D eigenvalue weighted by Gasteiger charge is 2.07. The normalized spacial score (nSPS) is 11.9. The fourth-order valence-corrected chi connectivity index (χ4v) is 1.36. The van der Waals surface area contributed by atoms with Crippen LogP contribution in [0.15, 0.2) is 12.2 Å². The van der Waals surface area contributed by atoms with Crippen molar-refractivity contribution in [3.05, 3.63) is 12.2 Å². The quantitative estimate of drug-likeness (QED) is 0.425. The lowest BCUT2D eigenvalue weighted by molar-refractivity contribution is -0.143. The molecule has 0 fully saturated rings. The standard InChI is InChI=1S/C13H19BrO2/c1-3-12(8-6-5-7-11-14)9-10-13(15)16-4-2/h5,7,12H,3-4,9-11H2,1-2H3. The van der Waals surface area contributed by atoms with E-state index < -0.39 is 0 Å². The lowest BCUT2D eigenvalue weighted by atomic mass is 10.0. The number of halogens is 1. The number of ether oxygens (including phenoxy) is 1. The average molecular weight is 287 g/mol. The molecule has 0 aromatic carbocycles. The Labute approximate surface area is 107 Å². The molecule has 1 unspecified atom stereocenters. The van der Waals surface area contributed by atoms with Gasteiger partial charge in [-0.3, -0.25) is 4.79 Å². The first kappa shape index (κ1) is 15.2. The van der Waals surface area contributed by atoms with Crippen LogP contribution in [0.2, 0.25) is 0 Å². The van der Waals surface area contributed by atoms with Crippen molar-refractivity contribution in [3.8, 4) is 11.8 Å². The second-order valence-electron chi connectivity index (χ2n) is 3.29. The van der Waals surface area contributed by atoms with Gasteiger partial charge in [-0.2, -0.15) is 0 Å². The molecule has 3 heteroatoms. The molecule has 16 heavy (non-hydrogen) atoms. The van der Waals surface area contributed by atoms with E-state index >= 15 is 0 Å². The molecule has 0 aliphatic rings. The molecule has 0 radical (unpaired) electrons. The number of allylic oxidation sites excluding steroid dienone is 2. The molecule has 1 atom stereocenters. The van der Waals surface area contributed by atoms with E-state index in [1.165, 1.54) is 0 Å². The molecule has 2 nitrogen and oxygen atoms in total. The van der Waals surface area contributed by atoms with Gasteiger partial charge in [-0.15, -0.1) is 0 Å². The topological polar surface area (TPSA) is 26.3 Å². The fraction of sp³-hybridized carbons (Fsp3) is 0.615. The number of carbonyl (C=O) groups is 1. The molecular weight excluding hydrogens is 268 g/mol. The van der Waals surface area contributed by atoms with Crippen molar-refractivity contribution in [2.45, 2.75) is 33.1 Å². The molecule has 0 saturated carbocycles. The van der Waals surface area contributed by atoms with Crippen LogP contribution in [0.4, 0.5) is 0 Å². The van der Waals surface area contributed by atoms with Gasteiger partial charge in [-0.05, 0) is 25.8 Å². The molecule has 0 aromatic heterocycles. The Hall–Kier alpha value is -0.750. The summed E-state index contributed by atoms with van der Waals surface area (Å²) >= 11 is 3.28. The Kier molecular flexibility index (Phi) is 10.3. The van der Waals surface area contributed by atoms with Crippen molar-refractivity contribution in [2.24, 2.45) is 5.92 Å². The number of rotatable bonds is 6. The lowest BCUT2D eigenvalue weighted by Gasteiger charge is -2.06. The van der Waals surface area contributed by atoms with E-state index in [9.17, 15) is 4.79 Å². The summed E-state index contributed by atoms with van der Waals surface area (Å²) in [5, 5.41) is 0.821. The molecule has 90 valence electrons. The Bertz CT molecular complexity index is 273. The zero-order valence-electron chi connectivity index (χ0n) is 9.96. The predicted molar refractivity (Wildman–Crippen MR) is 70.4 cm³/mol. The summed E-state index contributed by atoms with van der Waals surface area (Å²) < 4.78 is 4.87. The van der Waals surface area contributed by atoms with Crippen LogP contribution in [-0.4, -0.2) is 17.9 Å². The highest BCUT2D eigenvalue weighted by molar-refractivity contribution is 9.09. The van der Waals surface area contributed by atoms with Crippen LogP contribution in [0.5, 0.6) is 0 Å². The lowest BCUT2D eigenvalue weighted by Crippen LogP contribution is -2.06. The van der Waals surface area contributed by atoms with Gasteiger partial charge >= 0.3 is 5.97 Å². The van der Waals surface area contributed by atoms with E-state index in [0.29, 0.717) is 13.0 Å². The summed E-state index contributed by atoms with van der Waals surface area (Å²) in [6, 6.07) is 0. The summed E-state index contributed by atoms with van der Waals surface area (Å²) in [5.74, 6) is 6.27.